The first kappa shape index (κ1) is 14.3. The Morgan fingerprint density at radius 1 is 1.24 bits per heavy atom. The summed E-state index contributed by atoms with van der Waals surface area (Å²) in [5.41, 5.74) is 0.953. The van der Waals surface area contributed by atoms with Crippen molar-refractivity contribution >= 4 is 33.4 Å². The molecule has 1 aromatic heterocycles. The molecule has 2 aromatic rings. The molecule has 1 fully saturated rings. The number of benzene rings is 1. The van der Waals surface area contributed by atoms with Crippen molar-refractivity contribution in [2.45, 2.75) is 18.9 Å². The number of nitrogens with one attached hydrogen (secondary N) is 2. The fourth-order valence-corrected chi connectivity index (χ4v) is 2.47. The van der Waals surface area contributed by atoms with E-state index in [9.17, 15) is 0 Å². The van der Waals surface area contributed by atoms with Gasteiger partial charge in [0.2, 0.25) is 5.95 Å². The van der Waals surface area contributed by atoms with E-state index in [0.717, 1.165) is 42.0 Å². The Bertz CT molecular complexity index is 584. The number of rotatable bonds is 5. The van der Waals surface area contributed by atoms with Crippen molar-refractivity contribution in [3.8, 4) is 0 Å². The Kier molecular flexibility index (Phi) is 4.67. The molecule has 3 rings (SSSR count). The van der Waals surface area contributed by atoms with Crippen LogP contribution in [0.15, 0.2) is 41.0 Å². The van der Waals surface area contributed by atoms with Crippen molar-refractivity contribution in [3.63, 3.8) is 0 Å². The van der Waals surface area contributed by atoms with Crippen LogP contribution in [0.5, 0.6) is 0 Å². The SMILES string of the molecule is Brc1ccc(Nc2nccc(NCC3CCCO3)n2)cc1. The fraction of sp³-hybridized carbons (Fsp3) is 0.333. The molecule has 1 aromatic carbocycles. The highest BCUT2D eigenvalue weighted by atomic mass is 79.9. The lowest BCUT2D eigenvalue weighted by Gasteiger charge is -2.12. The maximum atomic E-state index is 5.59. The highest BCUT2D eigenvalue weighted by Crippen LogP contribution is 2.18. The second-order valence-electron chi connectivity index (χ2n) is 4.91. The molecular formula is C15H17BrN4O. The second kappa shape index (κ2) is 6.87. The number of aromatic nitrogens is 2. The molecular weight excluding hydrogens is 332 g/mol. The average Bonchev–Trinajstić information content (AvgIpc) is 3.01. The van der Waals surface area contributed by atoms with E-state index < -0.39 is 0 Å². The fourth-order valence-electron chi connectivity index (χ4n) is 2.20. The van der Waals surface area contributed by atoms with Crippen LogP contribution < -0.4 is 10.6 Å². The summed E-state index contributed by atoms with van der Waals surface area (Å²) in [6.07, 6.45) is 4.29. The summed E-state index contributed by atoms with van der Waals surface area (Å²) in [4.78, 5) is 8.68. The van der Waals surface area contributed by atoms with Gasteiger partial charge in [-0.3, -0.25) is 0 Å². The Morgan fingerprint density at radius 3 is 2.86 bits per heavy atom. The van der Waals surface area contributed by atoms with Gasteiger partial charge in [-0.15, -0.1) is 0 Å². The first-order chi connectivity index (χ1) is 10.3. The van der Waals surface area contributed by atoms with E-state index >= 15 is 0 Å². The molecule has 5 nitrogen and oxygen atoms in total. The summed E-state index contributed by atoms with van der Waals surface area (Å²) < 4.78 is 6.63. The molecule has 0 spiro atoms. The zero-order valence-corrected chi connectivity index (χ0v) is 13.1. The Balaban J connectivity index is 1.60. The van der Waals surface area contributed by atoms with Crippen molar-refractivity contribution < 1.29 is 4.74 Å². The Labute approximate surface area is 132 Å². The predicted octanol–water partition coefficient (Wildman–Crippen LogP) is 3.57. The van der Waals surface area contributed by atoms with Crippen LogP contribution in [0.25, 0.3) is 0 Å². The van der Waals surface area contributed by atoms with Crippen LogP contribution in [0.3, 0.4) is 0 Å². The van der Waals surface area contributed by atoms with Crippen LogP contribution >= 0.6 is 15.9 Å². The summed E-state index contributed by atoms with van der Waals surface area (Å²) in [6, 6.07) is 9.76. The van der Waals surface area contributed by atoms with Crippen molar-refractivity contribution in [1.29, 1.82) is 0 Å². The highest BCUT2D eigenvalue weighted by Gasteiger charge is 2.15. The molecule has 0 amide bonds. The summed E-state index contributed by atoms with van der Waals surface area (Å²) in [5, 5.41) is 6.48. The molecule has 1 aliphatic heterocycles. The normalized spacial score (nSPS) is 17.7. The molecule has 1 aliphatic rings. The third-order valence-corrected chi connectivity index (χ3v) is 3.82. The molecule has 6 heteroatoms. The monoisotopic (exact) mass is 348 g/mol. The minimum atomic E-state index is 0.294. The minimum absolute atomic E-state index is 0.294. The van der Waals surface area contributed by atoms with E-state index in [4.69, 9.17) is 4.74 Å². The highest BCUT2D eigenvalue weighted by molar-refractivity contribution is 9.10. The van der Waals surface area contributed by atoms with Gasteiger partial charge in [0.05, 0.1) is 6.10 Å². The zero-order chi connectivity index (χ0) is 14.5. The Hall–Kier alpha value is -1.66. The van der Waals surface area contributed by atoms with Crippen LogP contribution in [0.2, 0.25) is 0 Å². The standard InChI is InChI=1S/C15H17BrN4O/c16-11-3-5-12(6-4-11)19-15-17-8-7-14(20-15)18-10-13-2-1-9-21-13/h3-8,13H,1-2,9-10H2,(H2,17,18,19,20). The first-order valence-electron chi connectivity index (χ1n) is 7.01. The average molecular weight is 349 g/mol. The van der Waals surface area contributed by atoms with Gasteiger partial charge in [0.1, 0.15) is 5.82 Å². The molecule has 0 bridgehead atoms. The first-order valence-corrected chi connectivity index (χ1v) is 7.80. The molecule has 0 aliphatic carbocycles. The van der Waals surface area contributed by atoms with Crippen LogP contribution in [0, 0.1) is 0 Å². The molecule has 1 unspecified atom stereocenters. The third-order valence-electron chi connectivity index (χ3n) is 3.29. The lowest BCUT2D eigenvalue weighted by molar-refractivity contribution is 0.120. The number of anilines is 3. The van der Waals surface area contributed by atoms with Crippen molar-refractivity contribution in [1.82, 2.24) is 9.97 Å². The van der Waals surface area contributed by atoms with Gasteiger partial charge in [-0.1, -0.05) is 15.9 Å². The van der Waals surface area contributed by atoms with Gasteiger partial charge < -0.3 is 15.4 Å². The van der Waals surface area contributed by atoms with Gasteiger partial charge in [0.25, 0.3) is 0 Å². The van der Waals surface area contributed by atoms with E-state index in [0.29, 0.717) is 12.1 Å². The summed E-state index contributed by atoms with van der Waals surface area (Å²) in [5.74, 6) is 1.38. The third kappa shape index (κ3) is 4.15. The lowest BCUT2D eigenvalue weighted by Crippen LogP contribution is -2.19. The second-order valence-corrected chi connectivity index (χ2v) is 5.83. The topological polar surface area (TPSA) is 59.1 Å². The molecule has 2 heterocycles. The largest absolute Gasteiger partial charge is 0.376 e. The maximum Gasteiger partial charge on any atom is 0.229 e. The van der Waals surface area contributed by atoms with Gasteiger partial charge in [0, 0.05) is 29.5 Å². The minimum Gasteiger partial charge on any atom is -0.376 e. The summed E-state index contributed by atoms with van der Waals surface area (Å²) >= 11 is 3.41. The van der Waals surface area contributed by atoms with Crippen LogP contribution in [-0.4, -0.2) is 29.2 Å². The number of hydrogen-bond acceptors (Lipinski definition) is 5. The number of nitrogens with zero attached hydrogens (tertiary/aromatic N) is 2. The van der Waals surface area contributed by atoms with Crippen LogP contribution in [-0.2, 0) is 4.74 Å². The van der Waals surface area contributed by atoms with Gasteiger partial charge in [-0.05, 0) is 43.2 Å². The van der Waals surface area contributed by atoms with Crippen molar-refractivity contribution in [2.75, 3.05) is 23.8 Å². The van der Waals surface area contributed by atoms with Crippen LogP contribution in [0.4, 0.5) is 17.5 Å². The molecule has 2 N–H and O–H groups in total. The number of ether oxygens (including phenoxy) is 1. The summed E-state index contributed by atoms with van der Waals surface area (Å²) in [7, 11) is 0. The number of hydrogen-bond donors (Lipinski definition) is 2. The molecule has 110 valence electrons. The predicted molar refractivity (Wildman–Crippen MR) is 86.9 cm³/mol. The van der Waals surface area contributed by atoms with Crippen molar-refractivity contribution in [2.24, 2.45) is 0 Å². The number of halogens is 1. The van der Waals surface area contributed by atoms with Gasteiger partial charge in [0.15, 0.2) is 0 Å². The quantitative estimate of drug-likeness (QED) is 0.864. The maximum absolute atomic E-state index is 5.59. The van der Waals surface area contributed by atoms with E-state index in [1.54, 1.807) is 6.20 Å². The van der Waals surface area contributed by atoms with Gasteiger partial charge in [-0.25, -0.2) is 4.98 Å². The smallest absolute Gasteiger partial charge is 0.229 e. The molecule has 0 radical (unpaired) electrons. The summed E-state index contributed by atoms with van der Waals surface area (Å²) in [6.45, 7) is 1.65. The Morgan fingerprint density at radius 2 is 2.10 bits per heavy atom. The molecule has 1 atom stereocenters. The van der Waals surface area contributed by atoms with Crippen LogP contribution in [0.1, 0.15) is 12.8 Å². The molecule has 21 heavy (non-hydrogen) atoms. The van der Waals surface area contributed by atoms with E-state index in [1.807, 2.05) is 30.3 Å². The van der Waals surface area contributed by atoms with Crippen molar-refractivity contribution in [3.05, 3.63) is 41.0 Å². The van der Waals surface area contributed by atoms with Gasteiger partial charge in [-0.2, -0.15) is 4.98 Å². The van der Waals surface area contributed by atoms with Gasteiger partial charge >= 0.3 is 0 Å². The lowest BCUT2D eigenvalue weighted by atomic mass is 10.2. The van der Waals surface area contributed by atoms with E-state index in [-0.39, 0.29) is 0 Å². The van der Waals surface area contributed by atoms with E-state index in [1.165, 1.54) is 0 Å². The molecule has 1 saturated heterocycles. The molecule has 0 saturated carbocycles. The van der Waals surface area contributed by atoms with E-state index in [2.05, 4.69) is 36.5 Å². The zero-order valence-electron chi connectivity index (χ0n) is 11.6.